The maximum Gasteiger partial charge on any atom is 0.307 e. The molecule has 1 aliphatic heterocycles. The van der Waals surface area contributed by atoms with Crippen LogP contribution in [0.25, 0.3) is 0 Å². The molecule has 22 heavy (non-hydrogen) atoms. The molecule has 6 heteroatoms. The van der Waals surface area contributed by atoms with E-state index in [4.69, 9.17) is 14.2 Å². The molecule has 0 bridgehead atoms. The molecule has 0 N–H and O–H groups in total. The van der Waals surface area contributed by atoms with Crippen molar-refractivity contribution < 1.29 is 23.8 Å². The van der Waals surface area contributed by atoms with Crippen molar-refractivity contribution in [3.63, 3.8) is 0 Å². The fraction of sp³-hybridized carbons (Fsp3) is 0.500. The van der Waals surface area contributed by atoms with E-state index < -0.39 is 0 Å². The first kappa shape index (κ1) is 16.1. The number of β-lactam (4-membered cyclic amide) rings is 1. The van der Waals surface area contributed by atoms with Crippen LogP contribution in [0.15, 0.2) is 18.2 Å². The molecule has 120 valence electrons. The molecular formula is C16H21NO5. The second kappa shape index (κ2) is 7.15. The summed E-state index contributed by atoms with van der Waals surface area (Å²) in [5.41, 5.74) is 0.880. The van der Waals surface area contributed by atoms with Crippen molar-refractivity contribution in [3.8, 4) is 11.5 Å². The number of methoxy groups -OCH3 is 2. The lowest BCUT2D eigenvalue weighted by Gasteiger charge is -2.40. The molecule has 1 unspecified atom stereocenters. The molecule has 1 atom stereocenters. The molecule has 6 nitrogen and oxygen atoms in total. The number of amides is 1. The molecule has 0 saturated carbocycles. The van der Waals surface area contributed by atoms with E-state index in [1.54, 1.807) is 32.1 Å². The van der Waals surface area contributed by atoms with Gasteiger partial charge in [0.15, 0.2) is 0 Å². The van der Waals surface area contributed by atoms with E-state index in [9.17, 15) is 9.59 Å². The molecule has 1 amide bonds. The highest BCUT2D eigenvalue weighted by Crippen LogP contribution is 2.30. The number of hydrogen-bond donors (Lipinski definition) is 0. The summed E-state index contributed by atoms with van der Waals surface area (Å²) in [5, 5.41) is 0. The fourth-order valence-corrected chi connectivity index (χ4v) is 2.50. The average Bonchev–Trinajstić information content (AvgIpc) is 2.52. The summed E-state index contributed by atoms with van der Waals surface area (Å²) >= 11 is 0. The monoisotopic (exact) mass is 307 g/mol. The van der Waals surface area contributed by atoms with Gasteiger partial charge < -0.3 is 19.1 Å². The van der Waals surface area contributed by atoms with Crippen LogP contribution in [0.4, 0.5) is 0 Å². The summed E-state index contributed by atoms with van der Waals surface area (Å²) in [6.07, 6.45) is 0.620. The number of benzene rings is 1. The Balaban J connectivity index is 2.05. The van der Waals surface area contributed by atoms with Gasteiger partial charge in [-0.1, -0.05) is 0 Å². The first-order valence-electron chi connectivity index (χ1n) is 7.25. The first-order chi connectivity index (χ1) is 10.6. The SMILES string of the molecule is CCOC(=O)CC1CC(=O)N1Cc1ccc(OC)cc1OC. The maximum atomic E-state index is 11.8. The maximum absolute atomic E-state index is 11.8. The minimum Gasteiger partial charge on any atom is -0.497 e. The van der Waals surface area contributed by atoms with Crippen molar-refractivity contribution in [2.75, 3.05) is 20.8 Å². The Kier molecular flexibility index (Phi) is 5.25. The smallest absolute Gasteiger partial charge is 0.307 e. The Labute approximate surface area is 129 Å². The Hall–Kier alpha value is -2.24. The van der Waals surface area contributed by atoms with E-state index in [0.29, 0.717) is 31.1 Å². The van der Waals surface area contributed by atoms with Gasteiger partial charge in [0.2, 0.25) is 5.91 Å². The van der Waals surface area contributed by atoms with Crippen LogP contribution >= 0.6 is 0 Å². The molecule has 1 aromatic carbocycles. The molecular weight excluding hydrogens is 286 g/mol. The largest absolute Gasteiger partial charge is 0.497 e. The average molecular weight is 307 g/mol. The second-order valence-electron chi connectivity index (χ2n) is 5.07. The highest BCUT2D eigenvalue weighted by molar-refractivity contribution is 5.85. The van der Waals surface area contributed by atoms with E-state index in [0.717, 1.165) is 5.56 Å². The number of carbonyl (C=O) groups is 2. The van der Waals surface area contributed by atoms with Crippen molar-refractivity contribution in [3.05, 3.63) is 23.8 Å². The second-order valence-corrected chi connectivity index (χ2v) is 5.07. The van der Waals surface area contributed by atoms with Gasteiger partial charge in [-0.05, 0) is 19.1 Å². The quantitative estimate of drug-likeness (QED) is 0.567. The van der Waals surface area contributed by atoms with Crippen LogP contribution in [0.3, 0.4) is 0 Å². The number of rotatable bonds is 7. The lowest BCUT2D eigenvalue weighted by molar-refractivity contribution is -0.154. The zero-order valence-electron chi connectivity index (χ0n) is 13.1. The van der Waals surface area contributed by atoms with E-state index >= 15 is 0 Å². The highest BCUT2D eigenvalue weighted by atomic mass is 16.5. The predicted molar refractivity (Wildman–Crippen MR) is 79.8 cm³/mol. The Morgan fingerprint density at radius 1 is 1.32 bits per heavy atom. The van der Waals surface area contributed by atoms with Crippen LogP contribution in [0.5, 0.6) is 11.5 Å². The van der Waals surface area contributed by atoms with Crippen LogP contribution < -0.4 is 9.47 Å². The number of hydrogen-bond acceptors (Lipinski definition) is 5. The van der Waals surface area contributed by atoms with E-state index in [1.807, 2.05) is 12.1 Å². The van der Waals surface area contributed by atoms with Gasteiger partial charge in [-0.25, -0.2) is 0 Å². The van der Waals surface area contributed by atoms with Crippen LogP contribution in [0.1, 0.15) is 25.3 Å². The Morgan fingerprint density at radius 3 is 2.68 bits per heavy atom. The topological polar surface area (TPSA) is 65.1 Å². The van der Waals surface area contributed by atoms with E-state index in [2.05, 4.69) is 0 Å². The molecule has 0 spiro atoms. The number of ether oxygens (including phenoxy) is 3. The van der Waals surface area contributed by atoms with Gasteiger partial charge in [0.25, 0.3) is 0 Å². The number of esters is 1. The van der Waals surface area contributed by atoms with E-state index in [-0.39, 0.29) is 24.3 Å². The fourth-order valence-electron chi connectivity index (χ4n) is 2.50. The zero-order valence-corrected chi connectivity index (χ0v) is 13.1. The summed E-state index contributed by atoms with van der Waals surface area (Å²) in [5.74, 6) is 1.12. The first-order valence-corrected chi connectivity index (χ1v) is 7.25. The summed E-state index contributed by atoms with van der Waals surface area (Å²) in [6, 6.07) is 5.37. The summed E-state index contributed by atoms with van der Waals surface area (Å²) in [4.78, 5) is 25.1. The zero-order chi connectivity index (χ0) is 16.1. The van der Waals surface area contributed by atoms with Crippen molar-refractivity contribution in [1.82, 2.24) is 4.90 Å². The van der Waals surface area contributed by atoms with Crippen LogP contribution in [0.2, 0.25) is 0 Å². The van der Waals surface area contributed by atoms with Gasteiger partial charge in [0.05, 0.1) is 33.3 Å². The Bertz CT molecular complexity index is 557. The molecule has 1 saturated heterocycles. The third kappa shape index (κ3) is 3.50. The molecule has 0 radical (unpaired) electrons. The standard InChI is InChI=1S/C16H21NO5/c1-4-22-16(19)8-12-7-15(18)17(12)10-11-5-6-13(20-2)9-14(11)21-3/h5-6,9,12H,4,7-8,10H2,1-3H3. The Morgan fingerprint density at radius 2 is 2.09 bits per heavy atom. The predicted octanol–water partition coefficient (Wildman–Crippen LogP) is 1.76. The van der Waals surface area contributed by atoms with Gasteiger partial charge in [-0.3, -0.25) is 9.59 Å². The lowest BCUT2D eigenvalue weighted by Crippen LogP contribution is -2.52. The molecule has 0 aliphatic carbocycles. The van der Waals surface area contributed by atoms with Gasteiger partial charge in [0, 0.05) is 24.6 Å². The minimum absolute atomic E-state index is 0.0344. The van der Waals surface area contributed by atoms with Gasteiger partial charge in [-0.15, -0.1) is 0 Å². The summed E-state index contributed by atoms with van der Waals surface area (Å²) in [7, 11) is 3.16. The molecule has 1 aliphatic rings. The summed E-state index contributed by atoms with van der Waals surface area (Å²) in [6.45, 7) is 2.53. The molecule has 2 rings (SSSR count). The number of carbonyl (C=O) groups excluding carboxylic acids is 2. The molecule has 1 heterocycles. The third-order valence-electron chi connectivity index (χ3n) is 3.71. The molecule has 1 fully saturated rings. The lowest BCUT2D eigenvalue weighted by atomic mass is 9.97. The number of nitrogens with zero attached hydrogens (tertiary/aromatic N) is 1. The van der Waals surface area contributed by atoms with Gasteiger partial charge in [0.1, 0.15) is 11.5 Å². The third-order valence-corrected chi connectivity index (χ3v) is 3.71. The van der Waals surface area contributed by atoms with Crippen molar-refractivity contribution in [1.29, 1.82) is 0 Å². The van der Waals surface area contributed by atoms with Crippen LogP contribution in [-0.2, 0) is 20.9 Å². The number of likely N-dealkylation sites (tertiary alicyclic amines) is 1. The van der Waals surface area contributed by atoms with Crippen LogP contribution in [0, 0.1) is 0 Å². The molecule has 1 aromatic rings. The van der Waals surface area contributed by atoms with Gasteiger partial charge >= 0.3 is 5.97 Å². The van der Waals surface area contributed by atoms with Gasteiger partial charge in [-0.2, -0.15) is 0 Å². The highest BCUT2D eigenvalue weighted by Gasteiger charge is 2.37. The van der Waals surface area contributed by atoms with Crippen molar-refractivity contribution >= 4 is 11.9 Å². The van der Waals surface area contributed by atoms with E-state index in [1.165, 1.54) is 0 Å². The van der Waals surface area contributed by atoms with Crippen molar-refractivity contribution in [2.45, 2.75) is 32.4 Å². The normalized spacial score (nSPS) is 17.0. The van der Waals surface area contributed by atoms with Crippen molar-refractivity contribution in [2.24, 2.45) is 0 Å². The molecule has 0 aromatic heterocycles. The summed E-state index contributed by atoms with van der Waals surface area (Å²) < 4.78 is 15.4. The minimum atomic E-state index is -0.272. The van der Waals surface area contributed by atoms with Crippen LogP contribution in [-0.4, -0.2) is 43.6 Å².